The maximum absolute atomic E-state index is 2.29. The van der Waals surface area contributed by atoms with Gasteiger partial charge in [-0.1, -0.05) is 0 Å². The molecule has 0 saturated carbocycles. The van der Waals surface area contributed by atoms with Crippen LogP contribution in [0.4, 0.5) is 0 Å². The first-order valence-corrected chi connectivity index (χ1v) is 3.32. The van der Waals surface area contributed by atoms with Crippen molar-refractivity contribution in [2.24, 2.45) is 0 Å². The number of rotatable bonds is 2. The van der Waals surface area contributed by atoms with Crippen molar-refractivity contribution in [3.05, 3.63) is 12.3 Å². The van der Waals surface area contributed by atoms with Crippen LogP contribution in [0.15, 0.2) is 12.3 Å². The molecule has 1 nitrogen and oxygen atoms in total. The van der Waals surface area contributed by atoms with Gasteiger partial charge >= 0.3 is 0 Å². The SMILES string of the molecule is C/C=C/[N+]1(CC)CC1. The van der Waals surface area contributed by atoms with E-state index in [9.17, 15) is 0 Å². The van der Waals surface area contributed by atoms with Gasteiger partial charge in [-0.15, -0.1) is 0 Å². The minimum absolute atomic E-state index is 1.23. The summed E-state index contributed by atoms with van der Waals surface area (Å²) in [6, 6.07) is 0. The van der Waals surface area contributed by atoms with Crippen LogP contribution in [0.1, 0.15) is 13.8 Å². The van der Waals surface area contributed by atoms with Crippen LogP contribution < -0.4 is 0 Å². The van der Waals surface area contributed by atoms with Gasteiger partial charge in [-0.05, 0) is 19.9 Å². The quantitative estimate of drug-likeness (QED) is 0.374. The molecule has 0 unspecified atom stereocenters. The molecule has 1 aliphatic heterocycles. The third-order valence-corrected chi connectivity index (χ3v) is 1.89. The topological polar surface area (TPSA) is 0 Å². The second kappa shape index (κ2) is 1.90. The van der Waals surface area contributed by atoms with E-state index in [-0.39, 0.29) is 0 Å². The Labute approximate surface area is 51.2 Å². The molecular formula is C7H14N+. The summed E-state index contributed by atoms with van der Waals surface area (Å²) in [6.45, 7) is 8.33. The first-order chi connectivity index (χ1) is 3.83. The number of nitrogens with zero attached hydrogens (tertiary/aromatic N) is 1. The number of quaternary nitrogens is 1. The standard InChI is InChI=1S/C7H14N/c1-3-5-8(4-2)6-7-8/h3,5H,4,6-7H2,1-2H3/q+1/b5-3+. The molecule has 0 atom stereocenters. The van der Waals surface area contributed by atoms with E-state index in [0.29, 0.717) is 0 Å². The van der Waals surface area contributed by atoms with Crippen LogP contribution in [-0.2, 0) is 0 Å². The molecule has 8 heavy (non-hydrogen) atoms. The summed E-state index contributed by atoms with van der Waals surface area (Å²) in [5.74, 6) is 0. The van der Waals surface area contributed by atoms with E-state index in [0.717, 1.165) is 0 Å². The average Bonchev–Trinajstić information content (AvgIpc) is 2.50. The molecule has 1 saturated heterocycles. The molecule has 0 N–H and O–H groups in total. The van der Waals surface area contributed by atoms with Gasteiger partial charge in [-0.2, -0.15) is 0 Å². The molecule has 0 aromatic rings. The minimum atomic E-state index is 1.23. The van der Waals surface area contributed by atoms with E-state index in [2.05, 4.69) is 26.1 Å². The Kier molecular flexibility index (Phi) is 1.39. The van der Waals surface area contributed by atoms with Gasteiger partial charge < -0.3 is 0 Å². The average molecular weight is 112 g/mol. The lowest BCUT2D eigenvalue weighted by atomic mass is 10.6. The number of hydrogen-bond acceptors (Lipinski definition) is 0. The first-order valence-electron chi connectivity index (χ1n) is 3.32. The summed E-state index contributed by atoms with van der Waals surface area (Å²) >= 11 is 0. The van der Waals surface area contributed by atoms with E-state index in [1.807, 2.05) is 0 Å². The van der Waals surface area contributed by atoms with E-state index in [1.165, 1.54) is 24.1 Å². The summed E-state index contributed by atoms with van der Waals surface area (Å²) in [7, 11) is 0. The fraction of sp³-hybridized carbons (Fsp3) is 0.714. The summed E-state index contributed by atoms with van der Waals surface area (Å²) < 4.78 is 1.23. The van der Waals surface area contributed by atoms with Gasteiger partial charge in [0, 0.05) is 0 Å². The molecule has 0 bridgehead atoms. The first kappa shape index (κ1) is 5.83. The van der Waals surface area contributed by atoms with E-state index in [1.54, 1.807) is 0 Å². The Hall–Kier alpha value is -0.300. The summed E-state index contributed by atoms with van der Waals surface area (Å²) in [6.07, 6.45) is 4.44. The van der Waals surface area contributed by atoms with Crippen molar-refractivity contribution in [3.63, 3.8) is 0 Å². The highest BCUT2D eigenvalue weighted by Gasteiger charge is 2.37. The van der Waals surface area contributed by atoms with Gasteiger partial charge in [0.05, 0.1) is 12.7 Å². The fourth-order valence-electron chi connectivity index (χ4n) is 1.02. The number of hydrogen-bond donors (Lipinski definition) is 0. The minimum Gasteiger partial charge on any atom is -0.288 e. The lowest BCUT2D eigenvalue weighted by Crippen LogP contribution is -2.16. The van der Waals surface area contributed by atoms with Gasteiger partial charge in [-0.3, -0.25) is 4.48 Å². The van der Waals surface area contributed by atoms with Gasteiger partial charge in [0.15, 0.2) is 0 Å². The summed E-state index contributed by atoms with van der Waals surface area (Å²) in [5, 5.41) is 0. The lowest BCUT2D eigenvalue weighted by Gasteiger charge is -2.06. The maximum Gasteiger partial charge on any atom is 0.133 e. The monoisotopic (exact) mass is 112 g/mol. The lowest BCUT2D eigenvalue weighted by molar-refractivity contribution is -0.740. The highest BCUT2D eigenvalue weighted by atomic mass is 15.5. The Morgan fingerprint density at radius 3 is 2.25 bits per heavy atom. The van der Waals surface area contributed by atoms with Crippen LogP contribution in [0.3, 0.4) is 0 Å². The van der Waals surface area contributed by atoms with Crippen LogP contribution in [0.5, 0.6) is 0 Å². The summed E-state index contributed by atoms with van der Waals surface area (Å²) in [5.41, 5.74) is 0. The molecule has 1 heterocycles. The Morgan fingerprint density at radius 1 is 1.50 bits per heavy atom. The number of likely N-dealkylation sites (N-methyl/N-ethyl adjacent to an activating group) is 1. The molecule has 46 valence electrons. The third-order valence-electron chi connectivity index (χ3n) is 1.89. The molecule has 0 aromatic carbocycles. The molecule has 0 amide bonds. The largest absolute Gasteiger partial charge is 0.288 e. The molecule has 0 aliphatic carbocycles. The smallest absolute Gasteiger partial charge is 0.133 e. The maximum atomic E-state index is 2.29. The molecule has 1 aliphatic rings. The summed E-state index contributed by atoms with van der Waals surface area (Å²) in [4.78, 5) is 0. The normalized spacial score (nSPS) is 24.2. The van der Waals surface area contributed by atoms with E-state index >= 15 is 0 Å². The zero-order chi connectivity index (χ0) is 6.04. The van der Waals surface area contributed by atoms with Crippen molar-refractivity contribution < 1.29 is 4.48 Å². The highest BCUT2D eigenvalue weighted by Crippen LogP contribution is 2.20. The zero-order valence-corrected chi connectivity index (χ0v) is 5.72. The van der Waals surface area contributed by atoms with Crippen LogP contribution in [0.2, 0.25) is 0 Å². The van der Waals surface area contributed by atoms with Crippen LogP contribution in [-0.4, -0.2) is 24.1 Å². The Bertz CT molecular complexity index is 101. The van der Waals surface area contributed by atoms with Crippen LogP contribution >= 0.6 is 0 Å². The zero-order valence-electron chi connectivity index (χ0n) is 5.72. The molecule has 1 fully saturated rings. The molecule has 0 spiro atoms. The van der Waals surface area contributed by atoms with Gasteiger partial charge in [-0.25, -0.2) is 0 Å². The second-order valence-corrected chi connectivity index (χ2v) is 2.46. The Morgan fingerprint density at radius 2 is 2.12 bits per heavy atom. The fourth-order valence-corrected chi connectivity index (χ4v) is 1.02. The predicted octanol–water partition coefficient (Wildman–Crippen LogP) is 1.37. The van der Waals surface area contributed by atoms with Crippen molar-refractivity contribution in [1.82, 2.24) is 0 Å². The van der Waals surface area contributed by atoms with Gasteiger partial charge in [0.2, 0.25) is 0 Å². The second-order valence-electron chi connectivity index (χ2n) is 2.46. The molecule has 0 aromatic heterocycles. The van der Waals surface area contributed by atoms with E-state index in [4.69, 9.17) is 0 Å². The third kappa shape index (κ3) is 0.920. The molecule has 1 heteroatoms. The van der Waals surface area contributed by atoms with Crippen LogP contribution in [0, 0.1) is 0 Å². The highest BCUT2D eigenvalue weighted by molar-refractivity contribution is 4.73. The predicted molar refractivity (Wildman–Crippen MR) is 35.3 cm³/mol. The van der Waals surface area contributed by atoms with Crippen molar-refractivity contribution in [1.29, 1.82) is 0 Å². The van der Waals surface area contributed by atoms with Gasteiger partial charge in [0.1, 0.15) is 13.1 Å². The van der Waals surface area contributed by atoms with Crippen LogP contribution in [0.25, 0.3) is 0 Å². The van der Waals surface area contributed by atoms with Crippen molar-refractivity contribution in [3.8, 4) is 0 Å². The van der Waals surface area contributed by atoms with Crippen molar-refractivity contribution in [2.75, 3.05) is 19.6 Å². The molecule has 0 radical (unpaired) electrons. The van der Waals surface area contributed by atoms with Crippen molar-refractivity contribution >= 4 is 0 Å². The number of allylic oxidation sites excluding steroid dienone is 1. The van der Waals surface area contributed by atoms with E-state index < -0.39 is 0 Å². The molecule has 1 rings (SSSR count). The van der Waals surface area contributed by atoms with Gasteiger partial charge in [0.25, 0.3) is 0 Å². The Balaban J connectivity index is 2.41. The van der Waals surface area contributed by atoms with Crippen molar-refractivity contribution in [2.45, 2.75) is 13.8 Å². The molecular weight excluding hydrogens is 98.1 g/mol.